The molecule has 0 saturated heterocycles. The minimum absolute atomic E-state index is 0.0295. The maximum absolute atomic E-state index is 6.45. The predicted octanol–water partition coefficient (Wildman–Crippen LogP) is 5.04. The number of rotatable bonds is 6. The number of anilines is 1. The predicted molar refractivity (Wildman–Crippen MR) is 124 cm³/mol. The second-order valence-corrected chi connectivity index (χ2v) is 8.09. The van der Waals surface area contributed by atoms with Crippen LogP contribution in [-0.4, -0.2) is 34.4 Å². The second kappa shape index (κ2) is 8.65. The van der Waals surface area contributed by atoms with E-state index in [0.717, 1.165) is 28.3 Å². The van der Waals surface area contributed by atoms with Crippen molar-refractivity contribution in [2.45, 2.75) is 19.1 Å². The van der Waals surface area contributed by atoms with Crippen LogP contribution < -0.4 is 33.7 Å². The van der Waals surface area contributed by atoms with Crippen molar-refractivity contribution in [2.24, 2.45) is 5.92 Å². The molecule has 0 saturated carbocycles. The van der Waals surface area contributed by atoms with E-state index in [1.165, 1.54) is 0 Å². The Balaban J connectivity index is 1.63. The maximum atomic E-state index is 6.45. The van der Waals surface area contributed by atoms with E-state index in [0.29, 0.717) is 23.0 Å². The van der Waals surface area contributed by atoms with Crippen molar-refractivity contribution < 1.29 is 28.4 Å². The molecule has 0 bridgehead atoms. The molecule has 0 aromatic heterocycles. The Bertz CT molecular complexity index is 1120. The Morgan fingerprint density at radius 3 is 2.12 bits per heavy atom. The molecule has 7 nitrogen and oxygen atoms in total. The summed E-state index contributed by atoms with van der Waals surface area (Å²) in [5.41, 5.74) is 3.04. The fourth-order valence-corrected chi connectivity index (χ4v) is 4.61. The lowest BCUT2D eigenvalue weighted by Gasteiger charge is -2.39. The van der Waals surface area contributed by atoms with Gasteiger partial charge in [0.05, 0.1) is 21.3 Å². The van der Waals surface area contributed by atoms with Crippen LogP contribution in [0.5, 0.6) is 34.5 Å². The van der Waals surface area contributed by atoms with Crippen molar-refractivity contribution >= 4 is 5.69 Å². The molecule has 0 radical (unpaired) electrons. The highest BCUT2D eigenvalue weighted by Crippen LogP contribution is 2.51. The van der Waals surface area contributed by atoms with Crippen LogP contribution >= 0.6 is 0 Å². The number of nitrogens with one attached hydrogen (secondary N) is 1. The standard InChI is InChI=1S/C26H27NO6/c1-15-24(16-10-22(28-2)25(30-4)23(11-16)29-3)18-12-20-21(32-14-31-20)13-19(18)33-26(15)27-17-8-6-5-7-9-17/h5-13,15,24,26-27H,14H2,1-4H3/t15-,24+,26-/m1/s1. The number of benzene rings is 3. The minimum Gasteiger partial charge on any atom is -0.493 e. The Kier molecular flexibility index (Phi) is 5.54. The molecule has 0 amide bonds. The van der Waals surface area contributed by atoms with Crippen molar-refractivity contribution in [3.63, 3.8) is 0 Å². The lowest BCUT2D eigenvalue weighted by Crippen LogP contribution is -2.40. The normalized spacial score (nSPS) is 20.4. The van der Waals surface area contributed by atoms with Gasteiger partial charge in [-0.2, -0.15) is 0 Å². The largest absolute Gasteiger partial charge is 0.493 e. The van der Waals surface area contributed by atoms with Crippen molar-refractivity contribution in [1.82, 2.24) is 0 Å². The summed E-state index contributed by atoms with van der Waals surface area (Å²) in [4.78, 5) is 0. The van der Waals surface area contributed by atoms with Gasteiger partial charge in [-0.15, -0.1) is 0 Å². The number of fused-ring (bicyclic) bond motifs is 2. The summed E-state index contributed by atoms with van der Waals surface area (Å²) in [7, 11) is 4.85. The van der Waals surface area contributed by atoms with E-state index in [-0.39, 0.29) is 24.9 Å². The van der Waals surface area contributed by atoms with Gasteiger partial charge < -0.3 is 33.7 Å². The summed E-state index contributed by atoms with van der Waals surface area (Å²) in [6.45, 7) is 2.37. The molecule has 2 aliphatic heterocycles. The highest BCUT2D eigenvalue weighted by atomic mass is 16.7. The van der Waals surface area contributed by atoms with Crippen molar-refractivity contribution in [3.8, 4) is 34.5 Å². The zero-order valence-corrected chi connectivity index (χ0v) is 19.1. The summed E-state index contributed by atoms with van der Waals surface area (Å²) in [5, 5.41) is 3.54. The third-order valence-corrected chi connectivity index (χ3v) is 6.23. The van der Waals surface area contributed by atoms with Crippen LogP contribution in [0, 0.1) is 5.92 Å². The van der Waals surface area contributed by atoms with Gasteiger partial charge in [-0.25, -0.2) is 0 Å². The first-order valence-corrected chi connectivity index (χ1v) is 10.8. The van der Waals surface area contributed by atoms with E-state index >= 15 is 0 Å². The first-order valence-electron chi connectivity index (χ1n) is 10.8. The van der Waals surface area contributed by atoms with Crippen molar-refractivity contribution in [1.29, 1.82) is 0 Å². The molecule has 7 heteroatoms. The zero-order chi connectivity index (χ0) is 22.9. The van der Waals surface area contributed by atoms with Gasteiger partial charge in [0.15, 0.2) is 29.2 Å². The third-order valence-electron chi connectivity index (χ3n) is 6.23. The lowest BCUT2D eigenvalue weighted by molar-refractivity contribution is 0.134. The molecular formula is C26H27NO6. The van der Waals surface area contributed by atoms with Gasteiger partial charge in [-0.1, -0.05) is 25.1 Å². The van der Waals surface area contributed by atoms with Gasteiger partial charge in [0.1, 0.15) is 5.75 Å². The van der Waals surface area contributed by atoms with Gasteiger partial charge in [0.25, 0.3) is 0 Å². The van der Waals surface area contributed by atoms with Crippen LogP contribution in [0.15, 0.2) is 54.6 Å². The first-order chi connectivity index (χ1) is 16.1. The van der Waals surface area contributed by atoms with E-state index in [1.807, 2.05) is 54.6 Å². The third kappa shape index (κ3) is 3.73. The summed E-state index contributed by atoms with van der Waals surface area (Å²) < 4.78 is 34.5. The number of ether oxygens (including phenoxy) is 6. The van der Waals surface area contributed by atoms with Crippen LogP contribution in [0.2, 0.25) is 0 Å². The minimum atomic E-state index is -0.274. The van der Waals surface area contributed by atoms with Gasteiger partial charge in [0.2, 0.25) is 12.5 Å². The number of para-hydroxylation sites is 1. The number of hydrogen-bond acceptors (Lipinski definition) is 7. The van der Waals surface area contributed by atoms with Crippen LogP contribution in [0.1, 0.15) is 24.0 Å². The van der Waals surface area contributed by atoms with E-state index in [1.54, 1.807) is 21.3 Å². The van der Waals surface area contributed by atoms with Crippen LogP contribution in [0.25, 0.3) is 0 Å². The average Bonchev–Trinajstić information content (AvgIpc) is 3.30. The van der Waals surface area contributed by atoms with Crippen molar-refractivity contribution in [2.75, 3.05) is 33.4 Å². The van der Waals surface area contributed by atoms with E-state index in [9.17, 15) is 0 Å². The van der Waals surface area contributed by atoms with Gasteiger partial charge in [-0.05, 0) is 35.9 Å². The molecule has 33 heavy (non-hydrogen) atoms. The zero-order valence-electron chi connectivity index (χ0n) is 19.1. The molecule has 0 unspecified atom stereocenters. The smallest absolute Gasteiger partial charge is 0.231 e. The molecule has 2 aliphatic rings. The highest BCUT2D eigenvalue weighted by Gasteiger charge is 2.39. The topological polar surface area (TPSA) is 67.4 Å². The van der Waals surface area contributed by atoms with E-state index < -0.39 is 0 Å². The molecule has 3 aromatic carbocycles. The lowest BCUT2D eigenvalue weighted by atomic mass is 9.78. The van der Waals surface area contributed by atoms with Gasteiger partial charge >= 0.3 is 0 Å². The van der Waals surface area contributed by atoms with E-state index in [2.05, 4.69) is 12.2 Å². The maximum Gasteiger partial charge on any atom is 0.231 e. The van der Waals surface area contributed by atoms with Crippen LogP contribution in [0.4, 0.5) is 5.69 Å². The summed E-state index contributed by atoms with van der Waals surface area (Å²) in [6, 6.07) is 18.0. The molecule has 5 rings (SSSR count). The number of methoxy groups -OCH3 is 3. The van der Waals surface area contributed by atoms with E-state index in [4.69, 9.17) is 28.4 Å². The summed E-state index contributed by atoms with van der Waals surface area (Å²) >= 11 is 0. The Hall–Kier alpha value is -3.74. The fraction of sp³-hybridized carbons (Fsp3) is 0.308. The monoisotopic (exact) mass is 449 g/mol. The highest BCUT2D eigenvalue weighted by molar-refractivity contribution is 5.60. The molecule has 0 fully saturated rings. The van der Waals surface area contributed by atoms with Gasteiger partial charge in [0, 0.05) is 29.2 Å². The number of hydrogen-bond donors (Lipinski definition) is 1. The summed E-state index contributed by atoms with van der Waals surface area (Å²) in [5.74, 6) is 3.97. The average molecular weight is 450 g/mol. The molecule has 2 heterocycles. The molecular weight excluding hydrogens is 422 g/mol. The quantitative estimate of drug-likeness (QED) is 0.565. The molecule has 1 N–H and O–H groups in total. The van der Waals surface area contributed by atoms with Gasteiger partial charge in [-0.3, -0.25) is 0 Å². The SMILES string of the molecule is COc1cc([C@H]2c3cc4c(cc3O[C@@H](Nc3ccccc3)[C@@H]2C)OCO4)cc(OC)c1OC. The molecule has 3 aromatic rings. The fourth-order valence-electron chi connectivity index (χ4n) is 4.61. The van der Waals surface area contributed by atoms with Crippen LogP contribution in [0.3, 0.4) is 0 Å². The van der Waals surface area contributed by atoms with Crippen LogP contribution in [-0.2, 0) is 0 Å². The molecule has 0 aliphatic carbocycles. The molecule has 3 atom stereocenters. The second-order valence-electron chi connectivity index (χ2n) is 8.09. The first kappa shape index (κ1) is 21.1. The Labute approximate surface area is 193 Å². The van der Waals surface area contributed by atoms with Crippen molar-refractivity contribution in [3.05, 3.63) is 65.7 Å². The Morgan fingerprint density at radius 1 is 0.818 bits per heavy atom. The molecule has 172 valence electrons. The summed E-state index contributed by atoms with van der Waals surface area (Å²) in [6.07, 6.45) is -0.274. The Morgan fingerprint density at radius 2 is 1.48 bits per heavy atom. The molecule has 0 spiro atoms.